The van der Waals surface area contributed by atoms with Crippen molar-refractivity contribution in [3.63, 3.8) is 0 Å². The van der Waals surface area contributed by atoms with Gasteiger partial charge in [-0.3, -0.25) is 19.3 Å². The molecule has 2 heterocycles. The van der Waals surface area contributed by atoms with E-state index in [9.17, 15) is 60.2 Å². The first-order valence-electron chi connectivity index (χ1n) is 24.0. The molecule has 6 amide bonds. The van der Waals surface area contributed by atoms with Crippen LogP contribution in [0.4, 0.5) is 52.1 Å². The van der Waals surface area contributed by atoms with Crippen LogP contribution in [0.1, 0.15) is 111 Å². The van der Waals surface area contributed by atoms with E-state index in [1.54, 1.807) is 91.0 Å². The average Bonchev–Trinajstić information content (AvgIpc) is 4.10. The summed E-state index contributed by atoms with van der Waals surface area (Å²) >= 11 is 0. The Morgan fingerprint density at radius 2 is 1.30 bits per heavy atom. The van der Waals surface area contributed by atoms with Gasteiger partial charge < -0.3 is 40.7 Å². The van der Waals surface area contributed by atoms with Crippen LogP contribution in [-0.4, -0.2) is 95.7 Å². The molecule has 3 unspecified atom stereocenters. The number of fused-ring (bicyclic) bond motifs is 3. The van der Waals surface area contributed by atoms with E-state index in [0.717, 1.165) is 12.0 Å². The Kier molecular flexibility index (Phi) is 16.6. The number of benzene rings is 4. The number of nitrogens with two attached hydrogens (primary N) is 1. The summed E-state index contributed by atoms with van der Waals surface area (Å²) < 4.78 is 91.7. The number of alkyl carbamates (subject to hydrolysis) is 1. The van der Waals surface area contributed by atoms with E-state index < -0.39 is 91.0 Å². The molecule has 15 nitrogen and oxygen atoms in total. The van der Waals surface area contributed by atoms with Gasteiger partial charge in [-0.1, -0.05) is 85.6 Å². The average molecular weight is 1020 g/mol. The number of unbranched alkanes of at least 4 members (excludes halogenated alkanes) is 2. The van der Waals surface area contributed by atoms with Gasteiger partial charge in [0.15, 0.2) is 0 Å². The minimum Gasteiger partial charge on any atom is -0.465 e. The van der Waals surface area contributed by atoms with Crippen molar-refractivity contribution >= 4 is 47.4 Å². The first-order valence-corrected chi connectivity index (χ1v) is 24.0. The Morgan fingerprint density at radius 1 is 0.740 bits per heavy atom. The first-order chi connectivity index (χ1) is 34.7. The Hall–Kier alpha value is -7.32. The number of ether oxygens (including phenoxy) is 2. The number of halogens is 6. The zero-order chi connectivity index (χ0) is 52.7. The molecule has 4 aromatic carbocycles. The molecule has 390 valence electrons. The summed E-state index contributed by atoms with van der Waals surface area (Å²) in [5, 5.41) is 16.4. The van der Waals surface area contributed by atoms with Gasteiger partial charge in [-0.25, -0.2) is 14.4 Å². The largest absolute Gasteiger partial charge is 0.465 e. The number of carboxylic acid groups (broad SMARTS) is 1. The molecule has 2 saturated heterocycles. The SMILES string of the molecule is COC(=O)NC(C(=O)N1CCCC1N(C(=O)O)c1ccc2c(c1)C(CCCCC(F)(F)F)(CCCCC(F)(F)F)c1cc(NC(=O)C3CCCN3C(=O)[C@H](OC(N)=O)c3ccccc3)ccc1-2)c1ccccc1. The summed E-state index contributed by atoms with van der Waals surface area (Å²) in [4.78, 5) is 84.1. The Balaban J connectivity index is 1.26. The van der Waals surface area contributed by atoms with Crippen LogP contribution in [0.15, 0.2) is 97.1 Å². The van der Waals surface area contributed by atoms with E-state index in [1.165, 1.54) is 15.9 Å². The zero-order valence-electron chi connectivity index (χ0n) is 39.8. The number of nitrogens with zero attached hydrogens (tertiary/aromatic N) is 3. The number of rotatable bonds is 18. The number of methoxy groups -OCH3 is 1. The minimum atomic E-state index is -4.50. The van der Waals surface area contributed by atoms with Gasteiger partial charge in [0.05, 0.1) is 7.11 Å². The molecule has 5 N–H and O–H groups in total. The van der Waals surface area contributed by atoms with Gasteiger partial charge in [0.1, 0.15) is 18.2 Å². The summed E-state index contributed by atoms with van der Waals surface area (Å²) in [5.74, 6) is -1.93. The molecular weight excluding hydrogens is 967 g/mol. The number of hydrogen-bond acceptors (Lipinski definition) is 8. The summed E-state index contributed by atoms with van der Waals surface area (Å²) in [7, 11) is 1.13. The topological polar surface area (TPSA) is 201 Å². The van der Waals surface area contributed by atoms with Crippen molar-refractivity contribution in [2.45, 2.75) is 119 Å². The van der Waals surface area contributed by atoms with Crippen LogP contribution >= 0.6 is 0 Å². The second-order valence-corrected chi connectivity index (χ2v) is 18.4. The van der Waals surface area contributed by atoms with Crippen molar-refractivity contribution in [2.24, 2.45) is 5.73 Å². The number of likely N-dealkylation sites (tertiary alicyclic amines) is 2. The fourth-order valence-corrected chi connectivity index (χ4v) is 10.5. The normalized spacial score (nSPS) is 17.7. The lowest BCUT2D eigenvalue weighted by Gasteiger charge is -2.37. The standard InChI is InChI=1S/C52H56F6N6O9/c1-72-48(69)61-42(32-14-4-2-5-15-32)45(66)63-29-13-19-41(63)64(49(70)71)35-21-23-37-36-22-20-34(60-44(65)40-18-12-28-62(40)46(67)43(73-47(59)68)33-16-6-3-7-17-33)30-38(36)50(39(37)31-35,24-8-10-26-51(53,54)55)25-9-11-27-52(56,57)58/h2-7,14-17,20-23,30-31,40-43H,8-13,18-19,24-29H2,1H3,(H2,59,68)(H,60,65)(H,61,69)(H,70,71)/t40?,41?,42?,43-/m1/s1. The molecule has 0 spiro atoms. The van der Waals surface area contributed by atoms with Gasteiger partial charge in [-0.2, -0.15) is 26.3 Å². The van der Waals surface area contributed by atoms with Gasteiger partial charge in [0.25, 0.3) is 11.8 Å². The predicted molar refractivity (Wildman–Crippen MR) is 255 cm³/mol. The Morgan fingerprint density at radius 3 is 1.88 bits per heavy atom. The van der Waals surface area contributed by atoms with E-state index >= 15 is 0 Å². The molecule has 2 fully saturated rings. The summed E-state index contributed by atoms with van der Waals surface area (Å²) in [6.45, 7) is 0.246. The third kappa shape index (κ3) is 12.5. The van der Waals surface area contributed by atoms with E-state index in [1.807, 2.05) is 0 Å². The summed E-state index contributed by atoms with van der Waals surface area (Å²) in [6, 6.07) is 23.7. The molecule has 2 aliphatic heterocycles. The fraction of sp³-hybridized carbons (Fsp3) is 0.423. The van der Waals surface area contributed by atoms with Crippen LogP contribution in [0.3, 0.4) is 0 Å². The number of hydrogen-bond donors (Lipinski definition) is 4. The van der Waals surface area contributed by atoms with E-state index in [2.05, 4.69) is 10.6 Å². The molecule has 0 aromatic heterocycles. The lowest BCUT2D eigenvalue weighted by Crippen LogP contribution is -2.53. The number of amides is 6. The number of carbonyl (C=O) groups excluding carboxylic acids is 5. The van der Waals surface area contributed by atoms with Gasteiger partial charge >= 0.3 is 30.6 Å². The van der Waals surface area contributed by atoms with Crippen molar-refractivity contribution in [3.8, 4) is 11.1 Å². The minimum absolute atomic E-state index is 0.0132. The highest BCUT2D eigenvalue weighted by atomic mass is 19.4. The second kappa shape index (κ2) is 22.6. The molecule has 0 saturated carbocycles. The molecule has 0 radical (unpaired) electrons. The van der Waals surface area contributed by atoms with Crippen molar-refractivity contribution in [2.75, 3.05) is 30.4 Å². The van der Waals surface area contributed by atoms with Crippen molar-refractivity contribution < 1.29 is 69.7 Å². The maximum absolute atomic E-state index is 14.4. The van der Waals surface area contributed by atoms with Crippen LogP contribution < -0.4 is 21.3 Å². The summed E-state index contributed by atoms with van der Waals surface area (Å²) in [5.41, 5.74) is 7.03. The number of carbonyl (C=O) groups is 6. The van der Waals surface area contributed by atoms with Gasteiger partial charge in [0.2, 0.25) is 12.0 Å². The van der Waals surface area contributed by atoms with E-state index in [0.29, 0.717) is 46.2 Å². The third-order valence-corrected chi connectivity index (χ3v) is 13.8. The number of primary amides is 1. The number of alkyl halides is 6. The number of anilines is 2. The molecule has 4 aromatic rings. The highest BCUT2D eigenvalue weighted by Gasteiger charge is 2.46. The molecule has 73 heavy (non-hydrogen) atoms. The number of nitrogens with one attached hydrogen (secondary N) is 2. The van der Waals surface area contributed by atoms with Crippen molar-refractivity contribution in [1.82, 2.24) is 15.1 Å². The molecule has 4 atom stereocenters. The van der Waals surface area contributed by atoms with Gasteiger partial charge in [-0.15, -0.1) is 0 Å². The second-order valence-electron chi connectivity index (χ2n) is 18.4. The summed E-state index contributed by atoms with van der Waals surface area (Å²) in [6.07, 6.45) is -17.0. The van der Waals surface area contributed by atoms with Gasteiger partial charge in [-0.05, 0) is 103 Å². The highest BCUT2D eigenvalue weighted by Crippen LogP contribution is 2.56. The molecule has 3 aliphatic rings. The molecule has 21 heteroatoms. The first kappa shape index (κ1) is 53.5. The Labute approximate surface area is 417 Å². The fourth-order valence-electron chi connectivity index (χ4n) is 10.5. The molecular formula is C52H56F6N6O9. The van der Waals surface area contributed by atoms with Crippen LogP contribution in [0.5, 0.6) is 0 Å². The van der Waals surface area contributed by atoms with Crippen LogP contribution in [0.25, 0.3) is 11.1 Å². The van der Waals surface area contributed by atoms with E-state index in [4.69, 9.17) is 15.2 Å². The highest BCUT2D eigenvalue weighted by molar-refractivity contribution is 5.99. The molecule has 0 bridgehead atoms. The smallest absolute Gasteiger partial charge is 0.413 e. The van der Waals surface area contributed by atoms with Crippen LogP contribution in [0, 0.1) is 0 Å². The lowest BCUT2D eigenvalue weighted by atomic mass is 9.70. The van der Waals surface area contributed by atoms with Gasteiger partial charge in [0, 0.05) is 48.3 Å². The van der Waals surface area contributed by atoms with Crippen LogP contribution in [0.2, 0.25) is 0 Å². The third-order valence-electron chi connectivity index (χ3n) is 13.8. The van der Waals surface area contributed by atoms with E-state index in [-0.39, 0.29) is 75.8 Å². The quantitative estimate of drug-likeness (QED) is 0.0553. The molecule has 7 rings (SSSR count). The lowest BCUT2D eigenvalue weighted by molar-refractivity contribution is -0.144. The zero-order valence-corrected chi connectivity index (χ0v) is 39.8. The van der Waals surface area contributed by atoms with Crippen LogP contribution in [-0.2, 0) is 29.3 Å². The predicted octanol–water partition coefficient (Wildman–Crippen LogP) is 10.5. The maximum atomic E-state index is 14.4. The molecule has 1 aliphatic carbocycles. The van der Waals surface area contributed by atoms with Crippen molar-refractivity contribution in [1.29, 1.82) is 0 Å². The van der Waals surface area contributed by atoms with Crippen molar-refractivity contribution in [3.05, 3.63) is 119 Å². The Bertz CT molecular complexity index is 2630. The monoisotopic (exact) mass is 1020 g/mol. The maximum Gasteiger partial charge on any atom is 0.413 e.